The Morgan fingerprint density at radius 1 is 1.40 bits per heavy atom. The van der Waals surface area contributed by atoms with Crippen LogP contribution >= 0.6 is 11.3 Å². The van der Waals surface area contributed by atoms with Crippen molar-refractivity contribution in [2.45, 2.75) is 30.9 Å². The van der Waals surface area contributed by atoms with Gasteiger partial charge in [-0.1, -0.05) is 13.8 Å². The fraction of sp³-hybridized carbons (Fsp3) is 0.583. The van der Waals surface area contributed by atoms with Gasteiger partial charge in [0.15, 0.2) is 0 Å². The molecule has 1 rings (SSSR count). The Morgan fingerprint density at radius 3 is 2.60 bits per heavy atom. The summed E-state index contributed by atoms with van der Waals surface area (Å²) in [6.45, 7) is 4.50. The number of hydrogen-bond donors (Lipinski definition) is 2. The number of hydrogen-bond acceptors (Lipinski definition) is 5. The lowest BCUT2D eigenvalue weighted by Crippen LogP contribution is -2.41. The molecule has 8 heteroatoms. The fourth-order valence-corrected chi connectivity index (χ4v) is 4.33. The maximum absolute atomic E-state index is 12.4. The first-order chi connectivity index (χ1) is 9.41. The molecule has 0 aromatic carbocycles. The maximum atomic E-state index is 12.4. The number of carbonyl (C=O) groups excluding carboxylic acids is 1. The van der Waals surface area contributed by atoms with Crippen LogP contribution in [0.2, 0.25) is 0 Å². The summed E-state index contributed by atoms with van der Waals surface area (Å²) in [4.78, 5) is 11.7. The Kier molecular flexibility index (Phi) is 6.44. The summed E-state index contributed by atoms with van der Waals surface area (Å²) in [6.07, 6.45) is 1.45. The minimum Gasteiger partial charge on any atom is -0.398 e. The Morgan fingerprint density at radius 2 is 2.10 bits per heavy atom. The second-order valence-electron chi connectivity index (χ2n) is 4.39. The van der Waals surface area contributed by atoms with Crippen LogP contribution in [0.4, 0.5) is 5.69 Å². The lowest BCUT2D eigenvalue weighted by atomic mass is 10.4. The first-order valence-corrected chi connectivity index (χ1v) is 8.84. The molecule has 1 amide bonds. The highest BCUT2D eigenvalue weighted by atomic mass is 32.2. The molecular weight excluding hydrogens is 298 g/mol. The molecule has 0 aliphatic rings. The van der Waals surface area contributed by atoms with Crippen LogP contribution < -0.4 is 11.1 Å². The van der Waals surface area contributed by atoms with Crippen LogP contribution in [-0.4, -0.2) is 38.3 Å². The smallest absolute Gasteiger partial charge is 0.253 e. The molecule has 0 saturated carbocycles. The zero-order valence-electron chi connectivity index (χ0n) is 11.8. The Bertz CT molecular complexity index is 540. The van der Waals surface area contributed by atoms with E-state index in [-0.39, 0.29) is 16.7 Å². The molecule has 0 spiro atoms. The van der Waals surface area contributed by atoms with E-state index in [9.17, 15) is 13.2 Å². The summed E-state index contributed by atoms with van der Waals surface area (Å²) in [5.74, 6) is -0.284. The molecule has 0 aliphatic heterocycles. The van der Waals surface area contributed by atoms with Gasteiger partial charge in [0, 0.05) is 24.2 Å². The number of sulfonamides is 1. The first kappa shape index (κ1) is 16.9. The highest BCUT2D eigenvalue weighted by Gasteiger charge is 2.27. The topological polar surface area (TPSA) is 92.5 Å². The van der Waals surface area contributed by atoms with Gasteiger partial charge in [0.1, 0.15) is 4.21 Å². The second kappa shape index (κ2) is 7.61. The highest BCUT2D eigenvalue weighted by Crippen LogP contribution is 2.25. The molecule has 0 radical (unpaired) electrons. The van der Waals surface area contributed by atoms with Crippen LogP contribution in [0.5, 0.6) is 0 Å². The average molecular weight is 319 g/mol. The molecule has 114 valence electrons. The summed E-state index contributed by atoms with van der Waals surface area (Å²) in [5.41, 5.74) is 5.98. The summed E-state index contributed by atoms with van der Waals surface area (Å²) in [7, 11) is -3.65. The van der Waals surface area contributed by atoms with Crippen molar-refractivity contribution in [2.75, 3.05) is 25.4 Å². The zero-order chi connectivity index (χ0) is 15.2. The molecule has 20 heavy (non-hydrogen) atoms. The average Bonchev–Trinajstić information content (AvgIpc) is 2.83. The van der Waals surface area contributed by atoms with E-state index < -0.39 is 10.0 Å². The Hall–Kier alpha value is -1.12. The number of nitrogens with zero attached hydrogens (tertiary/aromatic N) is 1. The molecule has 0 fully saturated rings. The molecule has 0 atom stereocenters. The van der Waals surface area contributed by atoms with E-state index in [1.54, 1.807) is 5.38 Å². The third-order valence-electron chi connectivity index (χ3n) is 2.55. The van der Waals surface area contributed by atoms with Crippen LogP contribution in [0, 0.1) is 0 Å². The molecule has 1 aromatic rings. The van der Waals surface area contributed by atoms with Gasteiger partial charge in [0.25, 0.3) is 10.0 Å². The number of thiophene rings is 1. The number of nitrogen functional groups attached to an aromatic ring is 1. The van der Waals surface area contributed by atoms with Crippen LogP contribution in [0.25, 0.3) is 0 Å². The molecule has 0 bridgehead atoms. The summed E-state index contributed by atoms with van der Waals surface area (Å²) in [6, 6.07) is 1.42. The van der Waals surface area contributed by atoms with Crippen LogP contribution in [0.15, 0.2) is 15.7 Å². The quantitative estimate of drug-likeness (QED) is 0.754. The van der Waals surface area contributed by atoms with E-state index in [0.29, 0.717) is 25.2 Å². The van der Waals surface area contributed by atoms with Crippen LogP contribution in [0.3, 0.4) is 0 Å². The van der Waals surface area contributed by atoms with E-state index >= 15 is 0 Å². The van der Waals surface area contributed by atoms with Gasteiger partial charge >= 0.3 is 0 Å². The van der Waals surface area contributed by atoms with Crippen LogP contribution in [-0.2, 0) is 14.8 Å². The highest BCUT2D eigenvalue weighted by molar-refractivity contribution is 7.91. The van der Waals surface area contributed by atoms with E-state index in [0.717, 1.165) is 17.8 Å². The zero-order valence-corrected chi connectivity index (χ0v) is 13.4. The number of anilines is 1. The Balaban J connectivity index is 2.86. The van der Waals surface area contributed by atoms with Gasteiger partial charge in [-0.2, -0.15) is 4.31 Å². The van der Waals surface area contributed by atoms with E-state index in [2.05, 4.69) is 5.32 Å². The largest absolute Gasteiger partial charge is 0.398 e. The van der Waals surface area contributed by atoms with Crippen molar-refractivity contribution in [1.82, 2.24) is 9.62 Å². The summed E-state index contributed by atoms with van der Waals surface area (Å²) in [5, 5.41) is 4.26. The van der Waals surface area contributed by atoms with Gasteiger partial charge in [0.05, 0.1) is 6.54 Å². The minimum atomic E-state index is -3.65. The van der Waals surface area contributed by atoms with Gasteiger partial charge in [-0.3, -0.25) is 4.79 Å². The van der Waals surface area contributed by atoms with Gasteiger partial charge in [-0.05, 0) is 18.9 Å². The Labute approximate surface area is 124 Å². The number of nitrogens with two attached hydrogens (primary N) is 1. The molecule has 3 N–H and O–H groups in total. The van der Waals surface area contributed by atoms with Crippen molar-refractivity contribution in [3.05, 3.63) is 11.4 Å². The lowest BCUT2D eigenvalue weighted by Gasteiger charge is -2.20. The molecule has 6 nitrogen and oxygen atoms in total. The molecule has 0 aliphatic carbocycles. The van der Waals surface area contributed by atoms with E-state index in [1.165, 1.54) is 10.4 Å². The third-order valence-corrected chi connectivity index (χ3v) is 5.83. The first-order valence-electron chi connectivity index (χ1n) is 6.52. The predicted molar refractivity (Wildman–Crippen MR) is 81.1 cm³/mol. The maximum Gasteiger partial charge on any atom is 0.253 e. The normalized spacial score (nSPS) is 11.8. The molecule has 0 unspecified atom stereocenters. The number of rotatable bonds is 8. The number of amides is 1. The molecular formula is C12H21N3O3S2. The van der Waals surface area contributed by atoms with Crippen molar-refractivity contribution in [3.63, 3.8) is 0 Å². The van der Waals surface area contributed by atoms with E-state index in [1.807, 2.05) is 13.8 Å². The van der Waals surface area contributed by atoms with Gasteiger partial charge in [0.2, 0.25) is 5.91 Å². The van der Waals surface area contributed by atoms with Crippen LogP contribution in [0.1, 0.15) is 26.7 Å². The van der Waals surface area contributed by atoms with E-state index in [4.69, 9.17) is 5.73 Å². The SMILES string of the molecule is CCCNC(=O)CN(CCC)S(=O)(=O)c1cc(N)cs1. The third kappa shape index (κ3) is 4.46. The monoisotopic (exact) mass is 319 g/mol. The standard InChI is InChI=1S/C12H21N3O3S2/c1-3-5-14-11(16)8-15(6-4-2)20(17,18)12-7-10(13)9-19-12/h7,9H,3-6,8,13H2,1-2H3,(H,14,16). The number of carbonyl (C=O) groups is 1. The predicted octanol–water partition coefficient (Wildman–Crippen LogP) is 1.26. The van der Waals surface area contributed by atoms with Gasteiger partial charge in [-0.15, -0.1) is 11.3 Å². The van der Waals surface area contributed by atoms with Crippen molar-refractivity contribution < 1.29 is 13.2 Å². The van der Waals surface area contributed by atoms with Crippen molar-refractivity contribution in [3.8, 4) is 0 Å². The van der Waals surface area contributed by atoms with Gasteiger partial charge in [-0.25, -0.2) is 8.42 Å². The molecule has 1 aromatic heterocycles. The summed E-state index contributed by atoms with van der Waals surface area (Å²) >= 11 is 1.07. The molecule has 1 heterocycles. The summed E-state index contributed by atoms with van der Waals surface area (Å²) < 4.78 is 26.3. The minimum absolute atomic E-state index is 0.159. The fourth-order valence-electron chi connectivity index (χ4n) is 1.61. The molecule has 0 saturated heterocycles. The van der Waals surface area contributed by atoms with Crippen molar-refractivity contribution in [1.29, 1.82) is 0 Å². The second-order valence-corrected chi connectivity index (χ2v) is 7.46. The number of nitrogens with one attached hydrogen (secondary N) is 1. The lowest BCUT2D eigenvalue weighted by molar-refractivity contribution is -0.121. The van der Waals surface area contributed by atoms with Gasteiger partial charge < -0.3 is 11.1 Å². The van der Waals surface area contributed by atoms with Crippen molar-refractivity contribution in [2.24, 2.45) is 0 Å². The van der Waals surface area contributed by atoms with Crippen molar-refractivity contribution >= 4 is 33.0 Å².